The van der Waals surface area contributed by atoms with E-state index in [9.17, 15) is 4.79 Å². The summed E-state index contributed by atoms with van der Waals surface area (Å²) in [5.74, 6) is 1.24. The molecule has 0 radical (unpaired) electrons. The topological polar surface area (TPSA) is 59.4 Å². The quantitative estimate of drug-likeness (QED) is 0.373. The van der Waals surface area contributed by atoms with E-state index in [0.717, 1.165) is 68.9 Å². The molecule has 0 aromatic heterocycles. The maximum Gasteiger partial charge on any atom is 0.241 e. The number of amides is 1. The summed E-state index contributed by atoms with van der Waals surface area (Å²) in [6, 6.07) is 16.9. The van der Waals surface area contributed by atoms with Crippen LogP contribution < -0.4 is 4.90 Å². The van der Waals surface area contributed by atoms with Crippen LogP contribution in [-0.2, 0) is 17.9 Å². The van der Waals surface area contributed by atoms with Gasteiger partial charge in [-0.1, -0.05) is 94.0 Å². The first-order valence-electron chi connectivity index (χ1n) is 14.8. The Labute approximate surface area is 243 Å². The molecular formula is C34H52N4O2. The molecule has 2 aromatic rings. The van der Waals surface area contributed by atoms with E-state index in [2.05, 4.69) is 96.3 Å². The van der Waals surface area contributed by atoms with Gasteiger partial charge in [-0.2, -0.15) is 0 Å². The van der Waals surface area contributed by atoms with E-state index in [-0.39, 0.29) is 5.91 Å². The molecule has 4 rings (SSSR count). The highest BCUT2D eigenvalue weighted by molar-refractivity contribution is 6.00. The molecule has 1 N–H and O–H groups in total. The predicted octanol–water partition coefficient (Wildman–Crippen LogP) is 6.69. The lowest BCUT2D eigenvalue weighted by Crippen LogP contribution is -2.37. The maximum absolute atomic E-state index is 13.4. The number of aliphatic hydroxyl groups is 1. The number of amidine groups is 1. The number of aliphatic hydroxyl groups excluding tert-OH is 1. The molecule has 6 heteroatoms. The lowest BCUT2D eigenvalue weighted by atomic mass is 10.1. The van der Waals surface area contributed by atoms with Gasteiger partial charge in [0.15, 0.2) is 0 Å². The molecule has 0 unspecified atom stereocenters. The molecule has 6 nitrogen and oxygen atoms in total. The van der Waals surface area contributed by atoms with Crippen molar-refractivity contribution in [2.45, 2.75) is 68.0 Å². The number of carbonyl (C=O) groups excluding carboxylic acids is 1. The van der Waals surface area contributed by atoms with Gasteiger partial charge in [0.25, 0.3) is 0 Å². The van der Waals surface area contributed by atoms with Crippen molar-refractivity contribution in [3.8, 4) is 0 Å². The number of anilines is 1. The van der Waals surface area contributed by atoms with E-state index in [1.54, 1.807) is 0 Å². The van der Waals surface area contributed by atoms with Crippen LogP contribution in [0.4, 0.5) is 5.69 Å². The van der Waals surface area contributed by atoms with E-state index in [0.29, 0.717) is 13.1 Å². The van der Waals surface area contributed by atoms with Gasteiger partial charge < -0.3 is 14.9 Å². The van der Waals surface area contributed by atoms with Gasteiger partial charge in [-0.3, -0.25) is 14.7 Å². The van der Waals surface area contributed by atoms with Crippen LogP contribution in [0.15, 0.2) is 77.3 Å². The highest BCUT2D eigenvalue weighted by atomic mass is 16.2. The van der Waals surface area contributed by atoms with Gasteiger partial charge in [-0.15, -0.1) is 0 Å². The fourth-order valence-electron chi connectivity index (χ4n) is 4.58. The van der Waals surface area contributed by atoms with Crippen molar-refractivity contribution in [3.63, 3.8) is 0 Å². The molecule has 1 amide bonds. The standard InChI is InChI=1S/C29H36N4O.2C2H6.CH4O/c1-4-23(3)10-8-9-18-31-21-26-11-6-7-12-27(26)33(28(34)22-31)20-24-13-15-25(16-14-24)29-30-17-19-32(29)5-2;3*1-2/h4,6-8,10-16H,5,9,17-22H2,1-3H3;2*1-2H3;2H,1H3/b10-8-,23-4-;;;. The summed E-state index contributed by atoms with van der Waals surface area (Å²) < 4.78 is 0. The van der Waals surface area contributed by atoms with E-state index in [4.69, 9.17) is 5.11 Å². The summed E-state index contributed by atoms with van der Waals surface area (Å²) in [6.45, 7) is 19.8. The van der Waals surface area contributed by atoms with Crippen LogP contribution in [0.2, 0.25) is 0 Å². The number of aliphatic imine (C=N–C) groups is 1. The van der Waals surface area contributed by atoms with Gasteiger partial charge in [0, 0.05) is 44.5 Å². The molecule has 0 atom stereocenters. The van der Waals surface area contributed by atoms with Gasteiger partial charge in [-0.05, 0) is 44.4 Å². The summed E-state index contributed by atoms with van der Waals surface area (Å²) in [7, 11) is 1.00. The zero-order chi connectivity index (χ0) is 29.9. The largest absolute Gasteiger partial charge is 0.400 e. The Morgan fingerprint density at radius 2 is 1.68 bits per heavy atom. The van der Waals surface area contributed by atoms with Crippen LogP contribution >= 0.6 is 0 Å². The monoisotopic (exact) mass is 548 g/mol. The minimum Gasteiger partial charge on any atom is -0.400 e. The van der Waals surface area contributed by atoms with Crippen LogP contribution in [-0.4, -0.2) is 66.5 Å². The third kappa shape index (κ3) is 10.1. The number of likely N-dealkylation sites (N-methyl/N-ethyl adjacent to an activating group) is 1. The first kappa shape index (κ1) is 34.8. The summed E-state index contributed by atoms with van der Waals surface area (Å²) in [6.07, 6.45) is 7.39. The second kappa shape index (κ2) is 19.8. The Hall–Kier alpha value is -3.22. The Morgan fingerprint density at radius 1 is 1.00 bits per heavy atom. The van der Waals surface area contributed by atoms with Crippen LogP contribution in [0.25, 0.3) is 0 Å². The van der Waals surface area contributed by atoms with Crippen LogP contribution in [0.3, 0.4) is 0 Å². The molecule has 0 spiro atoms. The van der Waals surface area contributed by atoms with E-state index in [1.165, 1.54) is 11.1 Å². The van der Waals surface area contributed by atoms with Gasteiger partial charge in [0.2, 0.25) is 5.91 Å². The summed E-state index contributed by atoms with van der Waals surface area (Å²) in [5, 5.41) is 7.00. The van der Waals surface area contributed by atoms with Gasteiger partial charge in [0.1, 0.15) is 5.84 Å². The number of benzene rings is 2. The Kier molecular flexibility index (Phi) is 17.2. The molecular weight excluding hydrogens is 496 g/mol. The van der Waals surface area contributed by atoms with Crippen molar-refractivity contribution in [2.24, 2.45) is 4.99 Å². The Balaban J connectivity index is 0.00000125. The zero-order valence-corrected chi connectivity index (χ0v) is 26.2. The molecule has 40 heavy (non-hydrogen) atoms. The predicted molar refractivity (Wildman–Crippen MR) is 172 cm³/mol. The Bertz CT molecular complexity index is 1090. The number of hydrogen-bond acceptors (Lipinski definition) is 5. The lowest BCUT2D eigenvalue weighted by Gasteiger charge is -2.23. The number of fused-ring (bicyclic) bond motifs is 1. The third-order valence-electron chi connectivity index (χ3n) is 6.65. The zero-order valence-electron chi connectivity index (χ0n) is 26.2. The molecule has 0 aliphatic carbocycles. The molecule has 0 fully saturated rings. The van der Waals surface area contributed by atoms with E-state index < -0.39 is 0 Å². The van der Waals surface area contributed by atoms with Crippen molar-refractivity contribution < 1.29 is 9.90 Å². The second-order valence-corrected chi connectivity index (χ2v) is 9.02. The highest BCUT2D eigenvalue weighted by Gasteiger charge is 2.26. The van der Waals surface area contributed by atoms with Crippen molar-refractivity contribution in [3.05, 3.63) is 89.0 Å². The summed E-state index contributed by atoms with van der Waals surface area (Å²) in [4.78, 5) is 24.6. The van der Waals surface area contributed by atoms with Gasteiger partial charge >= 0.3 is 0 Å². The first-order valence-corrected chi connectivity index (χ1v) is 14.8. The van der Waals surface area contributed by atoms with Crippen molar-refractivity contribution in [1.29, 1.82) is 0 Å². The summed E-state index contributed by atoms with van der Waals surface area (Å²) >= 11 is 0. The van der Waals surface area contributed by atoms with Crippen LogP contribution in [0.5, 0.6) is 0 Å². The molecule has 0 saturated heterocycles. The fraction of sp³-hybridized carbons (Fsp3) is 0.471. The first-order chi connectivity index (χ1) is 19.6. The third-order valence-corrected chi connectivity index (χ3v) is 6.65. The normalized spacial score (nSPS) is 15.2. The number of nitrogens with zero attached hydrogens (tertiary/aromatic N) is 4. The SMILES string of the molecule is C/C=C(C)\C=C/CCN1CC(=O)N(Cc2ccc(C3=NCCN3CC)cc2)c2ccccc2C1.CC.CC.CO. The molecule has 0 saturated carbocycles. The van der Waals surface area contributed by atoms with Crippen molar-refractivity contribution in [1.82, 2.24) is 9.80 Å². The smallest absolute Gasteiger partial charge is 0.241 e. The van der Waals surface area contributed by atoms with E-state index >= 15 is 0 Å². The lowest BCUT2D eigenvalue weighted by molar-refractivity contribution is -0.119. The van der Waals surface area contributed by atoms with Gasteiger partial charge in [0.05, 0.1) is 19.6 Å². The molecule has 0 bridgehead atoms. The van der Waals surface area contributed by atoms with E-state index in [1.807, 2.05) is 38.7 Å². The van der Waals surface area contributed by atoms with Crippen molar-refractivity contribution in [2.75, 3.05) is 44.7 Å². The molecule has 2 aliphatic rings. The molecule has 220 valence electrons. The number of carbonyl (C=O) groups is 1. The minimum absolute atomic E-state index is 0.153. The number of para-hydroxylation sites is 1. The van der Waals surface area contributed by atoms with Crippen LogP contribution in [0, 0.1) is 0 Å². The van der Waals surface area contributed by atoms with Crippen molar-refractivity contribution >= 4 is 17.4 Å². The average Bonchev–Trinajstić information content (AvgIpc) is 3.46. The minimum atomic E-state index is 0.153. The average molecular weight is 549 g/mol. The van der Waals surface area contributed by atoms with Crippen LogP contribution in [0.1, 0.15) is 71.6 Å². The molecule has 2 aromatic carbocycles. The Morgan fingerprint density at radius 3 is 2.33 bits per heavy atom. The van der Waals surface area contributed by atoms with Gasteiger partial charge in [-0.25, -0.2) is 0 Å². The molecule has 2 heterocycles. The summed E-state index contributed by atoms with van der Waals surface area (Å²) in [5.41, 5.74) is 5.77. The highest BCUT2D eigenvalue weighted by Crippen LogP contribution is 2.27. The molecule has 2 aliphatic heterocycles. The second-order valence-electron chi connectivity index (χ2n) is 9.02. The fourth-order valence-corrected chi connectivity index (χ4v) is 4.58. The number of hydrogen-bond donors (Lipinski definition) is 1. The number of allylic oxidation sites excluding steroid dienone is 3. The maximum atomic E-state index is 13.4. The number of rotatable bonds is 8.